The summed E-state index contributed by atoms with van der Waals surface area (Å²) >= 11 is 0. The van der Waals surface area contributed by atoms with E-state index in [2.05, 4.69) is 13.5 Å². The van der Waals surface area contributed by atoms with Gasteiger partial charge in [0.1, 0.15) is 5.82 Å². The van der Waals surface area contributed by atoms with Crippen LogP contribution in [0.25, 0.3) is 6.08 Å². The van der Waals surface area contributed by atoms with Gasteiger partial charge in [0.2, 0.25) is 0 Å². The molecule has 2 nitrogen and oxygen atoms in total. The molecule has 2 aromatic carbocycles. The number of benzene rings is 2. The van der Waals surface area contributed by atoms with Crippen molar-refractivity contribution < 1.29 is 13.2 Å². The van der Waals surface area contributed by atoms with Crippen molar-refractivity contribution in [2.24, 2.45) is 5.92 Å². The summed E-state index contributed by atoms with van der Waals surface area (Å²) in [6, 6.07) is 6.06. The number of nitrogens with one attached hydrogen (secondary N) is 1. The maximum Gasteiger partial charge on any atom is 0.159 e. The summed E-state index contributed by atoms with van der Waals surface area (Å²) in [5.74, 6) is -1.42. The summed E-state index contributed by atoms with van der Waals surface area (Å²) < 4.78 is 39.2. The first-order valence-corrected chi connectivity index (χ1v) is 9.62. The molecule has 0 bridgehead atoms. The lowest BCUT2D eigenvalue weighted by molar-refractivity contribution is 0.508. The van der Waals surface area contributed by atoms with Crippen LogP contribution in [0.4, 0.5) is 18.9 Å². The molecule has 0 heterocycles. The Balaban J connectivity index is 0.000000442. The Hall–Kier alpha value is -2.82. The third kappa shape index (κ3) is 7.60. The van der Waals surface area contributed by atoms with E-state index < -0.39 is 17.5 Å². The highest BCUT2D eigenvalue weighted by atomic mass is 19.2. The summed E-state index contributed by atoms with van der Waals surface area (Å²) in [7, 11) is 0. The number of hydrogen-bond acceptors (Lipinski definition) is 2. The maximum absolute atomic E-state index is 13.3. The van der Waals surface area contributed by atoms with E-state index >= 15 is 0 Å². The number of anilines is 1. The number of nitrogens with two attached hydrogens (primary N) is 1. The minimum atomic E-state index is -0.958. The molecule has 3 N–H and O–H groups in total. The van der Waals surface area contributed by atoms with Crippen molar-refractivity contribution in [2.75, 3.05) is 5.73 Å². The molecule has 0 spiro atoms. The lowest BCUT2D eigenvalue weighted by Gasteiger charge is -2.06. The zero-order chi connectivity index (χ0) is 22.1. The van der Waals surface area contributed by atoms with Crippen LogP contribution in [0.15, 0.2) is 48.6 Å². The first-order chi connectivity index (χ1) is 13.7. The molecule has 1 fully saturated rings. The van der Waals surface area contributed by atoms with Gasteiger partial charge in [-0.15, -0.1) is 0 Å². The monoisotopic (exact) mass is 402 g/mol. The van der Waals surface area contributed by atoms with Crippen LogP contribution in [-0.4, -0.2) is 5.71 Å². The van der Waals surface area contributed by atoms with Crippen molar-refractivity contribution in [2.45, 2.75) is 40.5 Å². The highest BCUT2D eigenvalue weighted by molar-refractivity contribution is 6.11. The average Bonchev–Trinajstić information content (AvgIpc) is 3.53. The SMILES string of the molecule is C=C(C)C1CC1.CC.Cc1cc(C(=N)/C=C/c2ccc(F)c(F)c2)c(N)cc1F. The maximum atomic E-state index is 13.3. The van der Waals surface area contributed by atoms with Crippen molar-refractivity contribution in [1.82, 2.24) is 0 Å². The van der Waals surface area contributed by atoms with Gasteiger partial charge in [-0.2, -0.15) is 0 Å². The van der Waals surface area contributed by atoms with Crippen molar-refractivity contribution in [3.05, 3.63) is 82.7 Å². The molecular weight excluding hydrogens is 373 g/mol. The predicted octanol–water partition coefficient (Wildman–Crippen LogP) is 7.07. The second-order valence-corrected chi connectivity index (χ2v) is 6.73. The topological polar surface area (TPSA) is 49.9 Å². The molecule has 1 saturated carbocycles. The van der Waals surface area contributed by atoms with Gasteiger partial charge < -0.3 is 11.1 Å². The Morgan fingerprint density at radius 2 is 1.69 bits per heavy atom. The zero-order valence-electron chi connectivity index (χ0n) is 17.5. The Morgan fingerprint density at radius 3 is 2.17 bits per heavy atom. The van der Waals surface area contributed by atoms with Crippen LogP contribution in [0.1, 0.15) is 50.3 Å². The minimum Gasteiger partial charge on any atom is -0.398 e. The number of hydrogen-bond donors (Lipinski definition) is 2. The molecule has 2 aromatic rings. The summed E-state index contributed by atoms with van der Waals surface area (Å²) in [6.45, 7) is 11.5. The number of halogens is 3. The van der Waals surface area contributed by atoms with Crippen LogP contribution in [0.2, 0.25) is 0 Å². The van der Waals surface area contributed by atoms with E-state index in [1.807, 2.05) is 13.8 Å². The second kappa shape index (κ2) is 11.2. The molecule has 0 atom stereocenters. The number of aryl methyl sites for hydroxylation is 1. The van der Waals surface area contributed by atoms with E-state index in [4.69, 9.17) is 11.1 Å². The van der Waals surface area contributed by atoms with Gasteiger partial charge in [0.15, 0.2) is 11.6 Å². The van der Waals surface area contributed by atoms with Crippen LogP contribution in [0, 0.1) is 35.7 Å². The fraction of sp³-hybridized carbons (Fsp3) is 0.292. The lowest BCUT2D eigenvalue weighted by Crippen LogP contribution is -2.03. The minimum absolute atomic E-state index is 0.0559. The van der Waals surface area contributed by atoms with Gasteiger partial charge in [-0.05, 0) is 74.1 Å². The predicted molar refractivity (Wildman–Crippen MR) is 117 cm³/mol. The summed E-state index contributed by atoms with van der Waals surface area (Å²) in [6.07, 6.45) is 5.66. The van der Waals surface area contributed by atoms with Gasteiger partial charge in [0.05, 0.1) is 5.71 Å². The molecule has 0 unspecified atom stereocenters. The van der Waals surface area contributed by atoms with Crippen molar-refractivity contribution in [3.8, 4) is 0 Å². The third-order valence-corrected chi connectivity index (χ3v) is 4.28. The molecule has 0 saturated heterocycles. The van der Waals surface area contributed by atoms with E-state index in [1.165, 1.54) is 42.7 Å². The Bertz CT molecular complexity index is 897. The van der Waals surface area contributed by atoms with Crippen molar-refractivity contribution in [3.63, 3.8) is 0 Å². The average molecular weight is 403 g/mol. The van der Waals surface area contributed by atoms with Crippen LogP contribution in [0.5, 0.6) is 0 Å². The molecule has 29 heavy (non-hydrogen) atoms. The van der Waals surface area contributed by atoms with Gasteiger partial charge in [-0.1, -0.05) is 38.1 Å². The summed E-state index contributed by atoms with van der Waals surface area (Å²) in [5, 5.41) is 7.93. The van der Waals surface area contributed by atoms with Gasteiger partial charge in [0, 0.05) is 11.3 Å². The lowest BCUT2D eigenvalue weighted by atomic mass is 10.0. The molecule has 1 aliphatic carbocycles. The van der Waals surface area contributed by atoms with E-state index in [0.29, 0.717) is 16.7 Å². The third-order valence-electron chi connectivity index (χ3n) is 4.28. The highest BCUT2D eigenvalue weighted by Gasteiger charge is 2.20. The summed E-state index contributed by atoms with van der Waals surface area (Å²) in [4.78, 5) is 0. The molecule has 0 amide bonds. The van der Waals surface area contributed by atoms with E-state index in [1.54, 1.807) is 6.92 Å². The van der Waals surface area contributed by atoms with Gasteiger partial charge in [-0.25, -0.2) is 13.2 Å². The number of rotatable bonds is 4. The van der Waals surface area contributed by atoms with E-state index in [9.17, 15) is 13.2 Å². The molecule has 0 aromatic heterocycles. The molecule has 5 heteroatoms. The van der Waals surface area contributed by atoms with E-state index in [0.717, 1.165) is 24.1 Å². The normalized spacial score (nSPS) is 12.5. The fourth-order valence-electron chi connectivity index (χ4n) is 2.39. The van der Waals surface area contributed by atoms with E-state index in [-0.39, 0.29) is 11.4 Å². The Kier molecular flexibility index (Phi) is 9.39. The van der Waals surface area contributed by atoms with Crippen LogP contribution in [0.3, 0.4) is 0 Å². The van der Waals surface area contributed by atoms with Crippen LogP contribution < -0.4 is 5.73 Å². The standard InChI is InChI=1S/C16H13F3N2.C6H10.C2H6/c1-9-6-11(16(21)8-13(9)18)15(20)5-3-10-2-4-12(17)14(19)7-10;1-5(2)6-3-4-6;1-2/h2-8,20H,21H2,1H3;6H,1,3-4H2,2H3;1-2H3/b5-3+,20-15?;;. The van der Waals surface area contributed by atoms with Crippen LogP contribution in [-0.2, 0) is 0 Å². The molecule has 1 aliphatic rings. The highest BCUT2D eigenvalue weighted by Crippen LogP contribution is 2.34. The van der Waals surface area contributed by atoms with Gasteiger partial charge in [0.25, 0.3) is 0 Å². The Morgan fingerprint density at radius 1 is 1.07 bits per heavy atom. The smallest absolute Gasteiger partial charge is 0.159 e. The van der Waals surface area contributed by atoms with Crippen molar-refractivity contribution in [1.29, 1.82) is 5.41 Å². The first kappa shape index (κ1) is 24.2. The molecular formula is C24H29F3N2. The first-order valence-electron chi connectivity index (χ1n) is 9.62. The van der Waals surface area contributed by atoms with Crippen molar-refractivity contribution >= 4 is 17.5 Å². The second-order valence-electron chi connectivity index (χ2n) is 6.73. The molecule has 3 rings (SSSR count). The molecule has 0 radical (unpaired) electrons. The fourth-order valence-corrected chi connectivity index (χ4v) is 2.39. The van der Waals surface area contributed by atoms with Crippen LogP contribution >= 0.6 is 0 Å². The van der Waals surface area contributed by atoms with Gasteiger partial charge >= 0.3 is 0 Å². The quantitative estimate of drug-likeness (QED) is 0.321. The Labute approximate surface area is 171 Å². The van der Waals surface area contributed by atoms with Gasteiger partial charge in [-0.3, -0.25) is 0 Å². The number of nitrogen functional groups attached to an aromatic ring is 1. The summed E-state index contributed by atoms with van der Waals surface area (Å²) in [5.41, 5.74) is 8.43. The zero-order valence-corrected chi connectivity index (χ0v) is 17.5. The largest absolute Gasteiger partial charge is 0.398 e. The number of allylic oxidation sites excluding steroid dienone is 2. The molecule has 156 valence electrons. The molecule has 0 aliphatic heterocycles.